The molecule has 0 saturated carbocycles. The van der Waals surface area contributed by atoms with Crippen molar-refractivity contribution < 1.29 is 23.8 Å². The number of carbonyl (C=O) groups is 2. The SMILES string of the molecule is COC(=O)c1ccc(OCC2CC(OC(C)=O)CN2)cc1. The van der Waals surface area contributed by atoms with E-state index in [1.165, 1.54) is 14.0 Å². The van der Waals surface area contributed by atoms with Gasteiger partial charge in [0.05, 0.1) is 12.7 Å². The third-order valence-electron chi connectivity index (χ3n) is 3.24. The van der Waals surface area contributed by atoms with Crippen molar-refractivity contribution >= 4 is 11.9 Å². The minimum Gasteiger partial charge on any atom is -0.492 e. The first-order valence-corrected chi connectivity index (χ1v) is 6.80. The Morgan fingerprint density at radius 1 is 1.29 bits per heavy atom. The molecule has 114 valence electrons. The summed E-state index contributed by atoms with van der Waals surface area (Å²) in [6.07, 6.45) is 0.651. The van der Waals surface area contributed by atoms with Crippen molar-refractivity contribution in [2.24, 2.45) is 0 Å². The zero-order valence-corrected chi connectivity index (χ0v) is 12.1. The fourth-order valence-corrected chi connectivity index (χ4v) is 2.24. The Balaban J connectivity index is 1.78. The molecule has 1 fully saturated rings. The Morgan fingerprint density at radius 2 is 2.00 bits per heavy atom. The molecular weight excluding hydrogens is 274 g/mol. The molecule has 1 saturated heterocycles. The van der Waals surface area contributed by atoms with Gasteiger partial charge >= 0.3 is 11.9 Å². The molecule has 1 heterocycles. The summed E-state index contributed by atoms with van der Waals surface area (Å²) < 4.78 is 15.4. The van der Waals surface area contributed by atoms with E-state index in [-0.39, 0.29) is 24.1 Å². The topological polar surface area (TPSA) is 73.9 Å². The third kappa shape index (κ3) is 4.46. The molecule has 0 bridgehead atoms. The highest BCUT2D eigenvalue weighted by atomic mass is 16.5. The first kappa shape index (κ1) is 15.3. The lowest BCUT2D eigenvalue weighted by molar-refractivity contribution is -0.145. The normalized spacial score (nSPS) is 20.9. The van der Waals surface area contributed by atoms with E-state index in [1.54, 1.807) is 24.3 Å². The van der Waals surface area contributed by atoms with Crippen LogP contribution in [-0.4, -0.2) is 44.3 Å². The zero-order valence-electron chi connectivity index (χ0n) is 12.1. The number of carbonyl (C=O) groups excluding carboxylic acids is 2. The highest BCUT2D eigenvalue weighted by molar-refractivity contribution is 5.89. The van der Waals surface area contributed by atoms with Crippen molar-refractivity contribution in [2.45, 2.75) is 25.5 Å². The van der Waals surface area contributed by atoms with E-state index in [4.69, 9.17) is 9.47 Å². The molecule has 6 heteroatoms. The molecule has 2 unspecified atom stereocenters. The van der Waals surface area contributed by atoms with Gasteiger partial charge in [-0.15, -0.1) is 0 Å². The number of ether oxygens (including phenoxy) is 3. The van der Waals surface area contributed by atoms with Crippen molar-refractivity contribution in [3.8, 4) is 5.75 Å². The fraction of sp³-hybridized carbons (Fsp3) is 0.467. The molecule has 1 aliphatic heterocycles. The average molecular weight is 293 g/mol. The third-order valence-corrected chi connectivity index (χ3v) is 3.24. The molecule has 1 N–H and O–H groups in total. The van der Waals surface area contributed by atoms with Gasteiger partial charge in [0.15, 0.2) is 0 Å². The minimum atomic E-state index is -0.372. The lowest BCUT2D eigenvalue weighted by Crippen LogP contribution is -2.28. The van der Waals surface area contributed by atoms with Crippen LogP contribution in [-0.2, 0) is 14.3 Å². The maximum Gasteiger partial charge on any atom is 0.337 e. The van der Waals surface area contributed by atoms with Crippen LogP contribution in [0, 0.1) is 0 Å². The Kier molecular flexibility index (Phi) is 5.16. The standard InChI is InChI=1S/C15H19NO5/c1-10(17)21-14-7-12(16-8-14)9-20-13-5-3-11(4-6-13)15(18)19-2/h3-6,12,14,16H,7-9H2,1-2H3. The van der Waals surface area contributed by atoms with Gasteiger partial charge in [-0.05, 0) is 24.3 Å². The second-order valence-electron chi connectivity index (χ2n) is 4.90. The van der Waals surface area contributed by atoms with Crippen LogP contribution in [0.5, 0.6) is 5.75 Å². The molecule has 21 heavy (non-hydrogen) atoms. The van der Waals surface area contributed by atoms with Crippen molar-refractivity contribution in [1.29, 1.82) is 0 Å². The van der Waals surface area contributed by atoms with Crippen molar-refractivity contribution in [3.63, 3.8) is 0 Å². The van der Waals surface area contributed by atoms with Gasteiger partial charge in [-0.2, -0.15) is 0 Å². The van der Waals surface area contributed by atoms with Crippen LogP contribution in [0.15, 0.2) is 24.3 Å². The molecule has 6 nitrogen and oxygen atoms in total. The predicted octanol–water partition coefficient (Wildman–Crippen LogP) is 1.15. The molecule has 1 aliphatic rings. The summed E-state index contributed by atoms with van der Waals surface area (Å²) >= 11 is 0. The number of benzene rings is 1. The minimum absolute atomic E-state index is 0.0854. The number of hydrogen-bond donors (Lipinski definition) is 1. The first-order chi connectivity index (χ1) is 10.1. The summed E-state index contributed by atoms with van der Waals surface area (Å²) in [5.41, 5.74) is 0.485. The van der Waals surface area contributed by atoms with E-state index in [2.05, 4.69) is 10.1 Å². The van der Waals surface area contributed by atoms with Crippen LogP contribution in [0.2, 0.25) is 0 Å². The highest BCUT2D eigenvalue weighted by Crippen LogP contribution is 2.16. The summed E-state index contributed by atoms with van der Waals surface area (Å²) in [7, 11) is 1.35. The van der Waals surface area contributed by atoms with E-state index < -0.39 is 0 Å². The summed E-state index contributed by atoms with van der Waals surface area (Å²) in [5.74, 6) is 0.0467. The van der Waals surface area contributed by atoms with Gasteiger partial charge in [-0.3, -0.25) is 4.79 Å². The molecule has 2 atom stereocenters. The Hall–Kier alpha value is -2.08. The van der Waals surface area contributed by atoms with Gasteiger partial charge in [-0.1, -0.05) is 0 Å². The maximum atomic E-state index is 11.3. The van der Waals surface area contributed by atoms with Gasteiger partial charge < -0.3 is 19.5 Å². The van der Waals surface area contributed by atoms with Crippen molar-refractivity contribution in [2.75, 3.05) is 20.3 Å². The predicted molar refractivity (Wildman–Crippen MR) is 75.2 cm³/mol. The lowest BCUT2D eigenvalue weighted by Gasteiger charge is -2.12. The summed E-state index contributed by atoms with van der Waals surface area (Å²) in [6, 6.07) is 6.92. The Bertz CT molecular complexity index is 499. The molecule has 0 aromatic heterocycles. The Morgan fingerprint density at radius 3 is 2.62 bits per heavy atom. The van der Waals surface area contributed by atoms with Crippen LogP contribution < -0.4 is 10.1 Å². The molecule has 0 aliphatic carbocycles. The van der Waals surface area contributed by atoms with Gasteiger partial charge in [0, 0.05) is 25.9 Å². The molecule has 0 amide bonds. The average Bonchev–Trinajstić information content (AvgIpc) is 2.91. The van der Waals surface area contributed by atoms with E-state index in [1.807, 2.05) is 0 Å². The quantitative estimate of drug-likeness (QED) is 0.821. The lowest BCUT2D eigenvalue weighted by atomic mass is 10.2. The van der Waals surface area contributed by atoms with Crippen LogP contribution >= 0.6 is 0 Å². The van der Waals surface area contributed by atoms with E-state index >= 15 is 0 Å². The number of hydrogen-bond acceptors (Lipinski definition) is 6. The number of methoxy groups -OCH3 is 1. The molecule has 2 rings (SSSR count). The van der Waals surface area contributed by atoms with E-state index in [9.17, 15) is 9.59 Å². The van der Waals surface area contributed by atoms with Gasteiger partial charge in [0.1, 0.15) is 18.5 Å². The number of esters is 2. The molecular formula is C15H19NO5. The maximum absolute atomic E-state index is 11.3. The van der Waals surface area contributed by atoms with Crippen LogP contribution in [0.3, 0.4) is 0 Å². The summed E-state index contributed by atoms with van der Waals surface area (Å²) in [6.45, 7) is 2.54. The largest absolute Gasteiger partial charge is 0.492 e. The van der Waals surface area contributed by atoms with Gasteiger partial charge in [0.25, 0.3) is 0 Å². The van der Waals surface area contributed by atoms with Crippen LogP contribution in [0.4, 0.5) is 0 Å². The number of nitrogens with one attached hydrogen (secondary N) is 1. The van der Waals surface area contributed by atoms with Crippen LogP contribution in [0.1, 0.15) is 23.7 Å². The monoisotopic (exact) mass is 293 g/mol. The van der Waals surface area contributed by atoms with Gasteiger partial charge in [-0.25, -0.2) is 4.79 Å². The number of rotatable bonds is 5. The highest BCUT2D eigenvalue weighted by Gasteiger charge is 2.26. The summed E-state index contributed by atoms with van der Waals surface area (Å²) in [4.78, 5) is 22.2. The molecule has 1 aromatic carbocycles. The fourth-order valence-electron chi connectivity index (χ4n) is 2.24. The van der Waals surface area contributed by atoms with Crippen LogP contribution in [0.25, 0.3) is 0 Å². The second-order valence-corrected chi connectivity index (χ2v) is 4.90. The second kappa shape index (κ2) is 7.08. The molecule has 0 spiro atoms. The Labute approximate surface area is 123 Å². The zero-order chi connectivity index (χ0) is 15.2. The van der Waals surface area contributed by atoms with Gasteiger partial charge in [0.2, 0.25) is 0 Å². The van der Waals surface area contributed by atoms with Crippen molar-refractivity contribution in [1.82, 2.24) is 5.32 Å². The first-order valence-electron chi connectivity index (χ1n) is 6.80. The summed E-state index contributed by atoms with van der Waals surface area (Å²) in [5, 5.41) is 3.24. The molecule has 0 radical (unpaired) electrons. The smallest absolute Gasteiger partial charge is 0.337 e. The van der Waals surface area contributed by atoms with Crippen molar-refractivity contribution in [3.05, 3.63) is 29.8 Å². The van der Waals surface area contributed by atoms with E-state index in [0.29, 0.717) is 24.5 Å². The van der Waals surface area contributed by atoms with E-state index in [0.717, 1.165) is 6.42 Å². The molecule has 1 aromatic rings.